The number of benzene rings is 1. The first-order valence-electron chi connectivity index (χ1n) is 11.8. The summed E-state index contributed by atoms with van der Waals surface area (Å²) in [6.07, 6.45) is 0.786. The molecule has 1 fully saturated rings. The average molecular weight is 501 g/mol. The van der Waals surface area contributed by atoms with Crippen molar-refractivity contribution < 1.29 is 43.6 Å². The number of carbonyl (C=O) groups excluding carboxylic acids is 3. The van der Waals surface area contributed by atoms with Gasteiger partial charge in [-0.05, 0) is 51.1 Å². The van der Waals surface area contributed by atoms with Gasteiger partial charge >= 0.3 is 17.9 Å². The Morgan fingerprint density at radius 1 is 1.33 bits per heavy atom. The molecule has 1 aromatic carbocycles. The predicted octanol–water partition coefficient (Wildman–Crippen LogP) is 0.0537. The number of piperidine rings is 1. The van der Waals surface area contributed by atoms with Crippen LogP contribution in [0.5, 0.6) is 5.75 Å². The van der Waals surface area contributed by atoms with Crippen LogP contribution >= 0.6 is 0 Å². The standard InChI is InChI=1S/C25H28N2O9/c1-12(34-23(32)15(26)10-18(29)30)22(31)35-16-5-6-25(33)17-9-13-3-4-14(11-28)20-19(13)24(25,21(16)36-20)7-8-27(17)2/h3-5,11-12,15,17,21,33H,6-10,26H2,1-2H3,(H,29,30)/t12-,15-,17+,21-,24-,25+/m0/s1. The van der Waals surface area contributed by atoms with Gasteiger partial charge in [-0.1, -0.05) is 6.07 Å². The molecule has 5 rings (SSSR count). The van der Waals surface area contributed by atoms with Crippen molar-refractivity contribution >= 4 is 24.2 Å². The molecule has 1 spiro atoms. The Balaban J connectivity index is 1.45. The van der Waals surface area contributed by atoms with Gasteiger partial charge in [-0.25, -0.2) is 4.79 Å². The van der Waals surface area contributed by atoms with Crippen molar-refractivity contribution in [2.45, 2.75) is 67.9 Å². The van der Waals surface area contributed by atoms with Gasteiger partial charge < -0.3 is 35.1 Å². The molecule has 0 amide bonds. The van der Waals surface area contributed by atoms with Gasteiger partial charge in [0.1, 0.15) is 17.6 Å². The van der Waals surface area contributed by atoms with Gasteiger partial charge in [-0.3, -0.25) is 14.4 Å². The topological polar surface area (TPSA) is 166 Å². The quantitative estimate of drug-likeness (QED) is 0.342. The van der Waals surface area contributed by atoms with Crippen molar-refractivity contribution in [1.82, 2.24) is 4.90 Å². The lowest BCUT2D eigenvalue weighted by atomic mass is 9.50. The Morgan fingerprint density at radius 2 is 2.08 bits per heavy atom. The first-order chi connectivity index (χ1) is 17.0. The molecule has 1 saturated heterocycles. The normalized spacial score (nSPS) is 31.3. The highest BCUT2D eigenvalue weighted by atomic mass is 16.6. The number of ether oxygens (including phenoxy) is 3. The van der Waals surface area contributed by atoms with Gasteiger partial charge in [0, 0.05) is 18.0 Å². The van der Waals surface area contributed by atoms with E-state index in [1.807, 2.05) is 13.1 Å². The van der Waals surface area contributed by atoms with E-state index in [1.54, 1.807) is 12.1 Å². The van der Waals surface area contributed by atoms with Crippen molar-refractivity contribution in [1.29, 1.82) is 0 Å². The van der Waals surface area contributed by atoms with Crippen LogP contribution in [-0.2, 0) is 35.7 Å². The highest BCUT2D eigenvalue weighted by Crippen LogP contribution is 2.64. The van der Waals surface area contributed by atoms with Crippen LogP contribution in [0.2, 0.25) is 0 Å². The zero-order chi connectivity index (χ0) is 26.0. The van der Waals surface area contributed by atoms with Gasteiger partial charge in [-0.15, -0.1) is 0 Å². The van der Waals surface area contributed by atoms with Gasteiger partial charge in [0.25, 0.3) is 0 Å². The summed E-state index contributed by atoms with van der Waals surface area (Å²) in [6, 6.07) is 1.98. The van der Waals surface area contributed by atoms with E-state index < -0.39 is 53.6 Å². The van der Waals surface area contributed by atoms with E-state index in [1.165, 1.54) is 6.92 Å². The SMILES string of the molecule is C[C@H](OC(=O)[C@@H](N)CC(=O)O)C(=O)OC1=CC[C@@]2(O)[C@H]3Cc4ccc(C=O)c5c4[C@@]2(CCN3C)[C@H]1O5. The zero-order valence-corrected chi connectivity index (χ0v) is 19.9. The first kappa shape index (κ1) is 24.4. The van der Waals surface area contributed by atoms with Crippen LogP contribution in [0.25, 0.3) is 0 Å². The molecule has 11 nitrogen and oxygen atoms in total. The van der Waals surface area contributed by atoms with Crippen LogP contribution in [0.15, 0.2) is 24.0 Å². The monoisotopic (exact) mass is 500 g/mol. The number of aliphatic carboxylic acids is 1. The molecule has 0 aromatic heterocycles. The zero-order valence-electron chi connectivity index (χ0n) is 19.9. The van der Waals surface area contributed by atoms with E-state index >= 15 is 0 Å². The number of carbonyl (C=O) groups is 4. The van der Waals surface area contributed by atoms with Crippen LogP contribution < -0.4 is 10.5 Å². The summed E-state index contributed by atoms with van der Waals surface area (Å²) in [5.41, 5.74) is 5.53. The molecule has 0 saturated carbocycles. The van der Waals surface area contributed by atoms with E-state index in [2.05, 4.69) is 4.90 Å². The minimum atomic E-state index is -1.42. The summed E-state index contributed by atoms with van der Waals surface area (Å²) < 4.78 is 17.0. The highest BCUT2D eigenvalue weighted by Gasteiger charge is 2.72. The Kier molecular flexibility index (Phi) is 5.69. The number of hydrogen-bond donors (Lipinski definition) is 3. The van der Waals surface area contributed by atoms with Gasteiger partial charge in [-0.2, -0.15) is 0 Å². The third-order valence-electron chi connectivity index (χ3n) is 8.07. The average Bonchev–Trinajstić information content (AvgIpc) is 3.18. The summed E-state index contributed by atoms with van der Waals surface area (Å²) in [5, 5.41) is 20.9. The largest absolute Gasteiger partial charge is 0.481 e. The second-order valence-corrected chi connectivity index (χ2v) is 10.00. The maximum Gasteiger partial charge on any atom is 0.352 e. The molecular weight excluding hydrogens is 472 g/mol. The molecule has 11 heteroatoms. The van der Waals surface area contributed by atoms with Crippen molar-refractivity contribution in [3.8, 4) is 5.75 Å². The summed E-state index contributed by atoms with van der Waals surface area (Å²) in [5.74, 6) is -2.63. The summed E-state index contributed by atoms with van der Waals surface area (Å²) in [4.78, 5) is 49.6. The second-order valence-electron chi connectivity index (χ2n) is 10.00. The van der Waals surface area contributed by atoms with E-state index in [0.29, 0.717) is 37.0 Å². The number of likely N-dealkylation sites (N-methyl/N-ethyl adjacent to an activating group) is 1. The molecule has 1 aromatic rings. The highest BCUT2D eigenvalue weighted by molar-refractivity contribution is 5.85. The van der Waals surface area contributed by atoms with Crippen LogP contribution in [0, 0.1) is 0 Å². The fraction of sp³-hybridized carbons (Fsp3) is 0.520. The molecule has 4 aliphatic rings. The molecule has 192 valence electrons. The van der Waals surface area contributed by atoms with E-state index in [-0.39, 0.29) is 18.2 Å². The Labute approximate surface area is 206 Å². The maximum absolute atomic E-state index is 12.9. The molecule has 6 atom stereocenters. The van der Waals surface area contributed by atoms with Crippen molar-refractivity contribution in [2.24, 2.45) is 5.73 Å². The summed E-state index contributed by atoms with van der Waals surface area (Å²) >= 11 is 0. The second kappa shape index (κ2) is 8.39. The van der Waals surface area contributed by atoms with Crippen molar-refractivity contribution in [2.75, 3.05) is 13.6 Å². The third-order valence-corrected chi connectivity index (χ3v) is 8.07. The number of aliphatic hydroxyl groups is 1. The molecule has 2 aliphatic carbocycles. The van der Waals surface area contributed by atoms with Crippen LogP contribution in [-0.4, -0.2) is 82.8 Å². The van der Waals surface area contributed by atoms with E-state index in [9.17, 15) is 24.3 Å². The number of hydrogen-bond acceptors (Lipinski definition) is 10. The fourth-order valence-electron chi connectivity index (χ4n) is 6.35. The lowest BCUT2D eigenvalue weighted by molar-refractivity contribution is -0.176. The van der Waals surface area contributed by atoms with Crippen LogP contribution in [0.3, 0.4) is 0 Å². The Hall–Kier alpha value is -3.28. The summed E-state index contributed by atoms with van der Waals surface area (Å²) in [7, 11) is 1.97. The first-order valence-corrected chi connectivity index (χ1v) is 11.8. The van der Waals surface area contributed by atoms with E-state index in [4.69, 9.17) is 25.1 Å². The smallest absolute Gasteiger partial charge is 0.352 e. The number of carboxylic acids is 1. The van der Waals surface area contributed by atoms with Gasteiger partial charge in [0.15, 0.2) is 18.5 Å². The predicted molar refractivity (Wildman–Crippen MR) is 122 cm³/mol. The minimum Gasteiger partial charge on any atom is -0.481 e. The molecule has 2 aliphatic heterocycles. The number of nitrogens with two attached hydrogens (primary N) is 1. The Morgan fingerprint density at radius 3 is 2.78 bits per heavy atom. The molecular formula is C25H28N2O9. The van der Waals surface area contributed by atoms with Crippen LogP contribution in [0.4, 0.5) is 0 Å². The molecule has 36 heavy (non-hydrogen) atoms. The van der Waals surface area contributed by atoms with Crippen molar-refractivity contribution in [3.63, 3.8) is 0 Å². The number of carboxylic acid groups (broad SMARTS) is 1. The molecule has 4 N–H and O–H groups in total. The van der Waals surface area contributed by atoms with Crippen LogP contribution in [0.1, 0.15) is 47.7 Å². The maximum atomic E-state index is 12.9. The lowest BCUT2D eigenvalue weighted by Crippen LogP contribution is -2.74. The molecule has 2 bridgehead atoms. The number of rotatable bonds is 7. The number of nitrogens with zero attached hydrogens (tertiary/aromatic N) is 1. The fourth-order valence-corrected chi connectivity index (χ4v) is 6.35. The van der Waals surface area contributed by atoms with E-state index in [0.717, 1.165) is 11.1 Å². The Bertz CT molecular complexity index is 1200. The number of likely N-dealkylation sites (tertiary alicyclic amines) is 1. The van der Waals surface area contributed by atoms with Gasteiger partial charge in [0.2, 0.25) is 0 Å². The lowest BCUT2D eigenvalue weighted by Gasteiger charge is -2.61. The molecule has 2 heterocycles. The summed E-state index contributed by atoms with van der Waals surface area (Å²) in [6.45, 7) is 1.97. The molecule has 0 radical (unpaired) electrons. The van der Waals surface area contributed by atoms with Crippen molar-refractivity contribution in [3.05, 3.63) is 40.7 Å². The molecule has 0 unspecified atom stereocenters. The minimum absolute atomic E-state index is 0.173. The number of aldehydes is 1. The third kappa shape index (κ3) is 3.30. The number of esters is 2. The van der Waals surface area contributed by atoms with Gasteiger partial charge in [0.05, 0.1) is 23.0 Å².